The molecular formula is C17H24N4O2. The molecule has 0 atom stereocenters. The second kappa shape index (κ2) is 6.28. The van der Waals surface area contributed by atoms with Crippen molar-refractivity contribution in [3.8, 4) is 0 Å². The van der Waals surface area contributed by atoms with Gasteiger partial charge in [0, 0.05) is 18.8 Å². The van der Waals surface area contributed by atoms with E-state index in [9.17, 15) is 4.79 Å². The van der Waals surface area contributed by atoms with Crippen LogP contribution < -0.4 is 5.32 Å². The van der Waals surface area contributed by atoms with E-state index in [2.05, 4.69) is 29.3 Å². The molecule has 0 unspecified atom stereocenters. The van der Waals surface area contributed by atoms with Gasteiger partial charge in [-0.15, -0.1) is 0 Å². The van der Waals surface area contributed by atoms with Crippen molar-refractivity contribution in [3.05, 3.63) is 23.0 Å². The minimum absolute atomic E-state index is 0.0255. The summed E-state index contributed by atoms with van der Waals surface area (Å²) in [5.74, 6) is 0.248. The lowest BCUT2D eigenvalue weighted by Gasteiger charge is -2.32. The Morgan fingerprint density at radius 2 is 2.09 bits per heavy atom. The van der Waals surface area contributed by atoms with Gasteiger partial charge in [-0.3, -0.25) is 4.79 Å². The van der Waals surface area contributed by atoms with Crippen molar-refractivity contribution in [1.82, 2.24) is 20.4 Å². The molecule has 1 N–H and O–H groups in total. The fourth-order valence-electron chi connectivity index (χ4n) is 3.13. The molecule has 2 aromatic rings. The summed E-state index contributed by atoms with van der Waals surface area (Å²) in [6.45, 7) is 7.88. The molecule has 6 nitrogen and oxygen atoms in total. The third-order valence-electron chi connectivity index (χ3n) is 4.64. The Morgan fingerprint density at radius 3 is 2.74 bits per heavy atom. The number of hydrogen-bond acceptors (Lipinski definition) is 5. The Kier molecular flexibility index (Phi) is 4.35. The highest BCUT2D eigenvalue weighted by molar-refractivity contribution is 6.06. The van der Waals surface area contributed by atoms with Gasteiger partial charge in [0.15, 0.2) is 0 Å². The largest absolute Gasteiger partial charge is 0.339 e. The molecule has 0 radical (unpaired) electrons. The lowest BCUT2D eigenvalue weighted by molar-refractivity contribution is 0.0705. The van der Waals surface area contributed by atoms with E-state index in [0.717, 1.165) is 37.0 Å². The first-order chi connectivity index (χ1) is 11.0. The number of pyridine rings is 1. The summed E-state index contributed by atoms with van der Waals surface area (Å²) in [4.78, 5) is 19.5. The van der Waals surface area contributed by atoms with E-state index in [4.69, 9.17) is 4.52 Å². The molecule has 1 aliphatic heterocycles. The summed E-state index contributed by atoms with van der Waals surface area (Å²) in [7, 11) is 1.89. The molecule has 0 saturated carbocycles. The van der Waals surface area contributed by atoms with Crippen molar-refractivity contribution in [3.63, 3.8) is 0 Å². The van der Waals surface area contributed by atoms with Crippen LogP contribution in [0.1, 0.15) is 54.4 Å². The van der Waals surface area contributed by atoms with Crippen molar-refractivity contribution in [2.24, 2.45) is 0 Å². The summed E-state index contributed by atoms with van der Waals surface area (Å²) >= 11 is 0. The number of hydrogen-bond donors (Lipinski definition) is 1. The number of carbonyl (C=O) groups is 1. The molecule has 6 heteroatoms. The van der Waals surface area contributed by atoms with E-state index >= 15 is 0 Å². The molecule has 3 heterocycles. The van der Waals surface area contributed by atoms with E-state index in [1.165, 1.54) is 0 Å². The van der Waals surface area contributed by atoms with E-state index in [1.807, 2.05) is 24.9 Å². The van der Waals surface area contributed by atoms with Gasteiger partial charge in [-0.2, -0.15) is 0 Å². The average molecular weight is 316 g/mol. The van der Waals surface area contributed by atoms with Gasteiger partial charge in [0.2, 0.25) is 0 Å². The summed E-state index contributed by atoms with van der Waals surface area (Å²) in [6.07, 6.45) is 1.96. The second-order valence-corrected chi connectivity index (χ2v) is 6.59. The monoisotopic (exact) mass is 316 g/mol. The van der Waals surface area contributed by atoms with Gasteiger partial charge >= 0.3 is 0 Å². The quantitative estimate of drug-likeness (QED) is 0.942. The van der Waals surface area contributed by atoms with Crippen molar-refractivity contribution in [2.75, 3.05) is 20.1 Å². The third kappa shape index (κ3) is 2.95. The number of amides is 1. The molecule has 1 amide bonds. The number of carbonyl (C=O) groups excluding carboxylic acids is 1. The first kappa shape index (κ1) is 15.9. The SMILES string of the molecule is Cc1noc2nc(C(C)C)cc(C(=O)N(C)C3CCNCC3)c12. The van der Waals surface area contributed by atoms with Gasteiger partial charge in [0.25, 0.3) is 11.6 Å². The van der Waals surface area contributed by atoms with Crippen LogP contribution in [0.3, 0.4) is 0 Å². The lowest BCUT2D eigenvalue weighted by Crippen LogP contribution is -2.44. The Hall–Kier alpha value is -1.95. The standard InChI is InChI=1S/C17H24N4O2/c1-10(2)14-9-13(15-11(3)20-23-16(15)19-14)17(22)21(4)12-5-7-18-8-6-12/h9-10,12,18H,5-8H2,1-4H3. The van der Waals surface area contributed by atoms with Crippen LogP contribution in [0.5, 0.6) is 0 Å². The van der Waals surface area contributed by atoms with Crippen LogP contribution in [0.2, 0.25) is 0 Å². The van der Waals surface area contributed by atoms with Crippen LogP contribution >= 0.6 is 0 Å². The maximum absolute atomic E-state index is 13.1. The van der Waals surface area contributed by atoms with Crippen molar-refractivity contribution in [2.45, 2.75) is 45.6 Å². The summed E-state index contributed by atoms with van der Waals surface area (Å²) < 4.78 is 5.31. The first-order valence-corrected chi connectivity index (χ1v) is 8.23. The normalized spacial score (nSPS) is 16.2. The van der Waals surface area contributed by atoms with E-state index < -0.39 is 0 Å². The van der Waals surface area contributed by atoms with Crippen LogP contribution in [0, 0.1) is 6.92 Å². The fourth-order valence-corrected chi connectivity index (χ4v) is 3.13. The topological polar surface area (TPSA) is 71.3 Å². The van der Waals surface area contributed by atoms with Gasteiger partial charge < -0.3 is 14.7 Å². The molecule has 124 valence electrons. The molecule has 2 aromatic heterocycles. The summed E-state index contributed by atoms with van der Waals surface area (Å²) in [5, 5.41) is 8.06. The second-order valence-electron chi connectivity index (χ2n) is 6.59. The number of aryl methyl sites for hydroxylation is 1. The summed E-state index contributed by atoms with van der Waals surface area (Å²) in [6, 6.07) is 2.17. The molecule has 1 aliphatic rings. The van der Waals surface area contributed by atoms with Gasteiger partial charge in [0.1, 0.15) is 0 Å². The molecule has 23 heavy (non-hydrogen) atoms. The van der Waals surface area contributed by atoms with Crippen molar-refractivity contribution >= 4 is 17.0 Å². The number of nitrogens with zero attached hydrogens (tertiary/aromatic N) is 3. The Morgan fingerprint density at radius 1 is 1.39 bits per heavy atom. The predicted molar refractivity (Wildman–Crippen MR) is 88.6 cm³/mol. The fraction of sp³-hybridized carbons (Fsp3) is 0.588. The molecule has 1 saturated heterocycles. The Labute approximate surface area is 136 Å². The first-order valence-electron chi connectivity index (χ1n) is 8.23. The van der Waals surface area contributed by atoms with Gasteiger partial charge in [-0.05, 0) is 44.8 Å². The van der Waals surface area contributed by atoms with Gasteiger partial charge in [-0.1, -0.05) is 19.0 Å². The molecule has 0 spiro atoms. The Bertz CT molecular complexity index is 717. The van der Waals surface area contributed by atoms with E-state index in [0.29, 0.717) is 17.0 Å². The highest BCUT2D eigenvalue weighted by atomic mass is 16.5. The third-order valence-corrected chi connectivity index (χ3v) is 4.64. The zero-order chi connectivity index (χ0) is 16.6. The summed E-state index contributed by atoms with van der Waals surface area (Å²) in [5.41, 5.74) is 2.68. The average Bonchev–Trinajstić information content (AvgIpc) is 2.95. The molecule has 0 bridgehead atoms. The van der Waals surface area contributed by atoms with Crippen LogP contribution in [0.25, 0.3) is 11.1 Å². The lowest BCUT2D eigenvalue weighted by atomic mass is 10.0. The van der Waals surface area contributed by atoms with E-state index in [-0.39, 0.29) is 17.9 Å². The molecule has 0 aliphatic carbocycles. The van der Waals surface area contributed by atoms with Gasteiger partial charge in [-0.25, -0.2) is 4.98 Å². The highest BCUT2D eigenvalue weighted by Gasteiger charge is 2.26. The molecule has 3 rings (SSSR count). The minimum atomic E-state index is 0.0255. The zero-order valence-corrected chi connectivity index (χ0v) is 14.2. The smallest absolute Gasteiger partial charge is 0.259 e. The predicted octanol–water partition coefficient (Wildman–Crippen LogP) is 2.48. The van der Waals surface area contributed by atoms with Crippen LogP contribution in [0.4, 0.5) is 0 Å². The number of aromatic nitrogens is 2. The number of fused-ring (bicyclic) bond motifs is 1. The van der Waals surface area contributed by atoms with Crippen molar-refractivity contribution in [1.29, 1.82) is 0 Å². The van der Waals surface area contributed by atoms with Crippen LogP contribution in [0.15, 0.2) is 10.6 Å². The molecular weight excluding hydrogens is 292 g/mol. The van der Waals surface area contributed by atoms with E-state index in [1.54, 1.807) is 0 Å². The Balaban J connectivity index is 2.02. The maximum Gasteiger partial charge on any atom is 0.259 e. The number of nitrogens with one attached hydrogen (secondary N) is 1. The van der Waals surface area contributed by atoms with Crippen molar-refractivity contribution < 1.29 is 9.32 Å². The van der Waals surface area contributed by atoms with Crippen LogP contribution in [-0.2, 0) is 0 Å². The minimum Gasteiger partial charge on any atom is -0.339 e. The molecule has 1 fully saturated rings. The maximum atomic E-state index is 13.1. The highest BCUT2D eigenvalue weighted by Crippen LogP contribution is 2.27. The number of piperidine rings is 1. The number of rotatable bonds is 3. The van der Waals surface area contributed by atoms with Crippen LogP contribution in [-0.4, -0.2) is 47.1 Å². The molecule has 0 aromatic carbocycles. The zero-order valence-electron chi connectivity index (χ0n) is 14.2. The van der Waals surface area contributed by atoms with Gasteiger partial charge in [0.05, 0.1) is 16.6 Å².